The van der Waals surface area contributed by atoms with Crippen LogP contribution in [0.4, 0.5) is 0 Å². The molecule has 0 radical (unpaired) electrons. The van der Waals surface area contributed by atoms with E-state index in [9.17, 15) is 4.79 Å². The Labute approximate surface area is 108 Å². The molecule has 0 fully saturated rings. The Balaban J connectivity index is 3.18. The predicted octanol–water partition coefficient (Wildman–Crippen LogP) is 5.38. The molecule has 102 valence electrons. The van der Waals surface area contributed by atoms with Crippen LogP contribution in [0.25, 0.3) is 0 Å². The zero-order valence-electron chi connectivity index (χ0n) is 12.2. The van der Waals surface area contributed by atoms with Crippen LogP contribution in [0, 0.1) is 11.8 Å². The molecule has 2 atom stereocenters. The van der Waals surface area contributed by atoms with Crippen LogP contribution in [0.5, 0.6) is 0 Å². The molecule has 0 saturated carbocycles. The van der Waals surface area contributed by atoms with E-state index in [4.69, 9.17) is 0 Å². The molecule has 0 amide bonds. The summed E-state index contributed by atoms with van der Waals surface area (Å²) in [6, 6.07) is 0. The maximum Gasteiger partial charge on any atom is 0.119 e. The fraction of sp³-hybridized carbons (Fsp3) is 0.938. The number of carbonyl (C=O) groups excluding carboxylic acids is 1. The molecule has 0 saturated heterocycles. The van der Waals surface area contributed by atoms with Gasteiger partial charge in [-0.05, 0) is 24.7 Å². The predicted molar refractivity (Wildman–Crippen MR) is 76.2 cm³/mol. The smallest absolute Gasteiger partial charge is 0.119 e. The van der Waals surface area contributed by atoms with Crippen LogP contribution < -0.4 is 0 Å². The highest BCUT2D eigenvalue weighted by Gasteiger charge is 2.06. The molecule has 0 N–H and O–H groups in total. The summed E-state index contributed by atoms with van der Waals surface area (Å²) < 4.78 is 0. The van der Waals surface area contributed by atoms with Gasteiger partial charge in [-0.3, -0.25) is 0 Å². The van der Waals surface area contributed by atoms with E-state index in [2.05, 4.69) is 20.8 Å². The molecule has 0 aliphatic carbocycles. The van der Waals surface area contributed by atoms with Gasteiger partial charge in [0.05, 0.1) is 0 Å². The molecular formula is C16H32O. The fourth-order valence-electron chi connectivity index (χ4n) is 2.40. The highest BCUT2D eigenvalue weighted by atomic mass is 16.1. The van der Waals surface area contributed by atoms with Crippen LogP contribution in [-0.4, -0.2) is 6.29 Å². The van der Waals surface area contributed by atoms with Crippen LogP contribution in [0.2, 0.25) is 0 Å². The number of hydrogen-bond donors (Lipinski definition) is 0. The Hall–Kier alpha value is -0.330. The molecule has 0 heterocycles. The average Bonchev–Trinajstić information content (AvgIpc) is 2.32. The second-order valence-corrected chi connectivity index (χ2v) is 5.72. The maximum atomic E-state index is 10.1. The number of hydrogen-bond acceptors (Lipinski definition) is 1. The Morgan fingerprint density at radius 3 is 2.06 bits per heavy atom. The lowest BCUT2D eigenvalue weighted by atomic mass is 9.91. The van der Waals surface area contributed by atoms with Crippen molar-refractivity contribution in [2.45, 2.75) is 85.0 Å². The normalized spacial score (nSPS) is 14.5. The lowest BCUT2D eigenvalue weighted by Gasteiger charge is -2.15. The van der Waals surface area contributed by atoms with Crippen molar-refractivity contribution in [1.29, 1.82) is 0 Å². The number of unbranched alkanes of at least 4 members (excludes halogenated alkanes) is 6. The van der Waals surface area contributed by atoms with E-state index in [0.717, 1.165) is 31.0 Å². The second kappa shape index (κ2) is 12.1. The summed E-state index contributed by atoms with van der Waals surface area (Å²) in [7, 11) is 0. The first-order valence-electron chi connectivity index (χ1n) is 7.64. The molecule has 0 aliphatic rings. The van der Waals surface area contributed by atoms with E-state index < -0.39 is 0 Å². The maximum absolute atomic E-state index is 10.1. The Morgan fingerprint density at radius 2 is 1.47 bits per heavy atom. The third kappa shape index (κ3) is 11.9. The van der Waals surface area contributed by atoms with Gasteiger partial charge >= 0.3 is 0 Å². The van der Waals surface area contributed by atoms with Crippen LogP contribution >= 0.6 is 0 Å². The minimum absolute atomic E-state index is 0.756. The zero-order chi connectivity index (χ0) is 12.9. The highest BCUT2D eigenvalue weighted by Crippen LogP contribution is 2.20. The minimum atomic E-state index is 0.756. The van der Waals surface area contributed by atoms with Gasteiger partial charge in [-0.2, -0.15) is 0 Å². The molecule has 0 aromatic carbocycles. The summed E-state index contributed by atoms with van der Waals surface area (Å²) in [4.78, 5) is 10.1. The first-order chi connectivity index (χ1) is 8.20. The van der Waals surface area contributed by atoms with Gasteiger partial charge in [-0.1, -0.05) is 65.7 Å². The van der Waals surface area contributed by atoms with Crippen molar-refractivity contribution in [3.63, 3.8) is 0 Å². The van der Waals surface area contributed by atoms with Gasteiger partial charge in [0.25, 0.3) is 0 Å². The summed E-state index contributed by atoms with van der Waals surface area (Å²) in [6.07, 6.45) is 13.7. The van der Waals surface area contributed by atoms with Gasteiger partial charge in [0, 0.05) is 6.42 Å². The van der Waals surface area contributed by atoms with Crippen LogP contribution in [0.15, 0.2) is 0 Å². The standard InChI is InChI=1S/C16H32O/c1-4-15(2)14-16(3)12-10-8-6-5-7-9-11-13-17/h13,15-16H,4-12,14H2,1-3H3. The SMILES string of the molecule is CCC(C)CC(C)CCCCCCCCC=O. The molecule has 0 spiro atoms. The van der Waals surface area contributed by atoms with Gasteiger partial charge < -0.3 is 4.79 Å². The first kappa shape index (κ1) is 16.7. The van der Waals surface area contributed by atoms with Crippen molar-refractivity contribution in [3.05, 3.63) is 0 Å². The Bertz CT molecular complexity index is 165. The second-order valence-electron chi connectivity index (χ2n) is 5.72. The molecule has 1 heteroatoms. The topological polar surface area (TPSA) is 17.1 Å². The number of rotatable bonds is 12. The van der Waals surface area contributed by atoms with Gasteiger partial charge in [0.15, 0.2) is 0 Å². The summed E-state index contributed by atoms with van der Waals surface area (Å²) in [5, 5.41) is 0. The van der Waals surface area contributed by atoms with Gasteiger partial charge in [-0.15, -0.1) is 0 Å². The van der Waals surface area contributed by atoms with Crippen molar-refractivity contribution in [1.82, 2.24) is 0 Å². The largest absolute Gasteiger partial charge is 0.303 e. The van der Waals surface area contributed by atoms with Gasteiger partial charge in [0.2, 0.25) is 0 Å². The molecule has 0 aliphatic heterocycles. The van der Waals surface area contributed by atoms with Crippen molar-refractivity contribution < 1.29 is 4.79 Å². The van der Waals surface area contributed by atoms with Crippen LogP contribution in [0.1, 0.15) is 85.0 Å². The third-order valence-electron chi connectivity index (χ3n) is 3.77. The summed E-state index contributed by atoms with van der Waals surface area (Å²) >= 11 is 0. The number of carbonyl (C=O) groups is 1. The zero-order valence-corrected chi connectivity index (χ0v) is 12.2. The minimum Gasteiger partial charge on any atom is -0.303 e. The lowest BCUT2D eigenvalue weighted by Crippen LogP contribution is -2.02. The van der Waals surface area contributed by atoms with Crippen LogP contribution in [-0.2, 0) is 4.79 Å². The van der Waals surface area contributed by atoms with E-state index in [1.807, 2.05) is 0 Å². The fourth-order valence-corrected chi connectivity index (χ4v) is 2.40. The van der Waals surface area contributed by atoms with E-state index in [1.54, 1.807) is 0 Å². The Morgan fingerprint density at radius 1 is 0.882 bits per heavy atom. The van der Waals surface area contributed by atoms with Crippen molar-refractivity contribution in [2.24, 2.45) is 11.8 Å². The highest BCUT2D eigenvalue weighted by molar-refractivity contribution is 5.48. The van der Waals surface area contributed by atoms with Gasteiger partial charge in [0.1, 0.15) is 6.29 Å². The molecule has 2 unspecified atom stereocenters. The lowest BCUT2D eigenvalue weighted by molar-refractivity contribution is -0.107. The summed E-state index contributed by atoms with van der Waals surface area (Å²) in [5.74, 6) is 1.80. The molecule has 0 aromatic rings. The average molecular weight is 240 g/mol. The van der Waals surface area contributed by atoms with Crippen LogP contribution in [0.3, 0.4) is 0 Å². The monoisotopic (exact) mass is 240 g/mol. The van der Waals surface area contributed by atoms with E-state index in [0.29, 0.717) is 0 Å². The number of aldehydes is 1. The molecular weight excluding hydrogens is 208 g/mol. The third-order valence-corrected chi connectivity index (χ3v) is 3.77. The first-order valence-corrected chi connectivity index (χ1v) is 7.64. The van der Waals surface area contributed by atoms with E-state index in [-0.39, 0.29) is 0 Å². The quantitative estimate of drug-likeness (QED) is 0.331. The summed E-state index contributed by atoms with van der Waals surface area (Å²) in [5.41, 5.74) is 0. The van der Waals surface area contributed by atoms with E-state index >= 15 is 0 Å². The molecule has 0 rings (SSSR count). The van der Waals surface area contributed by atoms with Crippen molar-refractivity contribution >= 4 is 6.29 Å². The molecule has 0 bridgehead atoms. The van der Waals surface area contributed by atoms with Gasteiger partial charge in [-0.25, -0.2) is 0 Å². The van der Waals surface area contributed by atoms with E-state index in [1.165, 1.54) is 51.4 Å². The summed E-state index contributed by atoms with van der Waals surface area (Å²) in [6.45, 7) is 7.05. The van der Waals surface area contributed by atoms with Crippen molar-refractivity contribution in [2.75, 3.05) is 0 Å². The van der Waals surface area contributed by atoms with Crippen molar-refractivity contribution in [3.8, 4) is 0 Å². The molecule has 0 aromatic heterocycles. The Kier molecular flexibility index (Phi) is 11.9. The molecule has 1 nitrogen and oxygen atoms in total. The molecule has 17 heavy (non-hydrogen) atoms.